The molecule has 1 saturated heterocycles. The second-order valence-electron chi connectivity index (χ2n) is 19.8. The number of hydroxylamine groups is 2. The average molecular weight is 1010 g/mol. The highest BCUT2D eigenvalue weighted by molar-refractivity contribution is 8.00. The Kier molecular flexibility index (Phi) is 13.3. The van der Waals surface area contributed by atoms with E-state index in [-0.39, 0.29) is 62.8 Å². The van der Waals surface area contributed by atoms with E-state index in [4.69, 9.17) is 38.5 Å². The van der Waals surface area contributed by atoms with Gasteiger partial charge in [0.1, 0.15) is 13.2 Å². The highest BCUT2D eigenvalue weighted by Crippen LogP contribution is 2.44. The number of amides is 4. The zero-order valence-electron chi connectivity index (χ0n) is 41.5. The minimum Gasteiger partial charge on any atom is -0.493 e. The Bertz CT molecular complexity index is 2950. The highest BCUT2D eigenvalue weighted by Gasteiger charge is 2.39. The molecule has 0 spiro atoms. The van der Waals surface area contributed by atoms with E-state index in [2.05, 4.69) is 13.8 Å². The standard InChI is InChI=1S/C56H55N5O11S/c1-55(2,18-17-52(64)72-61-50(62)15-16-51(61)63)71-32-56(3,4)73-39-20-33(30-69-48-26-42-40(24-46(48)67-5)53(65)59-37(28-57-42)22-35-11-7-9-13-44(35)59)19-34(21-39)31-70-49-27-43-41(25-47(49)68-6)54(66)60-38(29-58-43)23-36-12-8-10-14-45(36)60/h7-14,19-21,24-29,37-38H,15-18,22-23,30-32H2,1-6H3/t37-,38-/m0/s1. The summed E-state index contributed by atoms with van der Waals surface area (Å²) in [5.41, 5.74) is 6.59. The lowest BCUT2D eigenvalue weighted by atomic mass is 10.0. The molecule has 2 atom stereocenters. The lowest BCUT2D eigenvalue weighted by Crippen LogP contribution is -2.37. The molecule has 0 saturated carbocycles. The molecule has 376 valence electrons. The molecule has 5 heterocycles. The van der Waals surface area contributed by atoms with Gasteiger partial charge in [-0.3, -0.25) is 39.0 Å². The van der Waals surface area contributed by atoms with Crippen LogP contribution in [0.4, 0.5) is 22.7 Å². The van der Waals surface area contributed by atoms with E-state index < -0.39 is 28.1 Å². The normalized spacial score (nSPS) is 17.6. The van der Waals surface area contributed by atoms with E-state index in [1.807, 2.05) is 93.0 Å². The van der Waals surface area contributed by atoms with Crippen LogP contribution in [0.5, 0.6) is 23.0 Å². The molecule has 5 aromatic rings. The summed E-state index contributed by atoms with van der Waals surface area (Å²) in [5.74, 6) is -0.472. The van der Waals surface area contributed by atoms with Gasteiger partial charge < -0.3 is 28.5 Å². The van der Waals surface area contributed by atoms with Crippen LogP contribution in [0.3, 0.4) is 0 Å². The van der Waals surface area contributed by atoms with Gasteiger partial charge in [0.2, 0.25) is 0 Å². The number of anilines is 2. The van der Waals surface area contributed by atoms with Crippen LogP contribution in [0.25, 0.3) is 0 Å². The zero-order valence-corrected chi connectivity index (χ0v) is 42.3. The highest BCUT2D eigenvalue weighted by atomic mass is 32.2. The number of imide groups is 1. The van der Waals surface area contributed by atoms with E-state index in [0.717, 1.165) is 38.5 Å². The molecule has 5 aliphatic rings. The van der Waals surface area contributed by atoms with Gasteiger partial charge in [-0.15, -0.1) is 16.8 Å². The number of rotatable bonds is 17. The lowest BCUT2D eigenvalue weighted by molar-refractivity contribution is -0.198. The van der Waals surface area contributed by atoms with Crippen LogP contribution in [0, 0.1) is 0 Å². The molecular formula is C56H55N5O11S. The van der Waals surface area contributed by atoms with Gasteiger partial charge in [0.05, 0.1) is 67.4 Å². The first-order valence-electron chi connectivity index (χ1n) is 24.2. The summed E-state index contributed by atoms with van der Waals surface area (Å²) in [4.78, 5) is 83.9. The molecule has 0 radical (unpaired) electrons. The third-order valence-electron chi connectivity index (χ3n) is 13.4. The van der Waals surface area contributed by atoms with Gasteiger partial charge in [0.15, 0.2) is 23.0 Å². The number of para-hydroxylation sites is 2. The Morgan fingerprint density at radius 1 is 0.658 bits per heavy atom. The predicted molar refractivity (Wildman–Crippen MR) is 275 cm³/mol. The van der Waals surface area contributed by atoms with Crippen molar-refractivity contribution >= 4 is 76.5 Å². The first-order valence-corrected chi connectivity index (χ1v) is 25.0. The smallest absolute Gasteiger partial charge is 0.333 e. The number of benzene rings is 5. The van der Waals surface area contributed by atoms with Gasteiger partial charge in [0, 0.05) is 71.3 Å². The van der Waals surface area contributed by atoms with E-state index >= 15 is 0 Å². The monoisotopic (exact) mass is 1010 g/mol. The summed E-state index contributed by atoms with van der Waals surface area (Å²) >= 11 is 1.59. The number of methoxy groups -OCH3 is 2. The maximum Gasteiger partial charge on any atom is 0.333 e. The van der Waals surface area contributed by atoms with Gasteiger partial charge in [0.25, 0.3) is 23.6 Å². The second-order valence-corrected chi connectivity index (χ2v) is 21.5. The predicted octanol–water partition coefficient (Wildman–Crippen LogP) is 9.49. The van der Waals surface area contributed by atoms with Gasteiger partial charge in [-0.2, -0.15) is 0 Å². The molecule has 4 amide bonds. The molecule has 0 bridgehead atoms. The van der Waals surface area contributed by atoms with E-state index in [0.29, 0.717) is 70.0 Å². The topological polar surface area (TPSA) is 175 Å². The fraction of sp³-hybridized carbons (Fsp3) is 0.339. The summed E-state index contributed by atoms with van der Waals surface area (Å²) in [6, 6.07) is 28.3. The maximum absolute atomic E-state index is 14.1. The van der Waals surface area contributed by atoms with Gasteiger partial charge in [-0.1, -0.05) is 36.4 Å². The summed E-state index contributed by atoms with van der Waals surface area (Å²) < 4.78 is 30.6. The molecule has 1 fully saturated rings. The van der Waals surface area contributed by atoms with Crippen LogP contribution < -0.4 is 28.7 Å². The number of hydrogen-bond donors (Lipinski definition) is 0. The Hall–Kier alpha value is -7.50. The molecule has 0 unspecified atom stereocenters. The van der Waals surface area contributed by atoms with Crippen molar-refractivity contribution in [3.63, 3.8) is 0 Å². The molecule has 17 heteroatoms. The van der Waals surface area contributed by atoms with E-state index in [9.17, 15) is 24.0 Å². The third-order valence-corrected chi connectivity index (χ3v) is 14.5. The number of aliphatic imine (C=N–C) groups is 2. The Morgan fingerprint density at radius 3 is 1.64 bits per heavy atom. The quantitative estimate of drug-likeness (QED) is 0.0638. The van der Waals surface area contributed by atoms with Crippen molar-refractivity contribution in [3.05, 3.63) is 124 Å². The Balaban J connectivity index is 0.884. The van der Waals surface area contributed by atoms with Crippen molar-refractivity contribution in [2.45, 2.75) is 107 Å². The fourth-order valence-electron chi connectivity index (χ4n) is 9.65. The number of hydrogen-bond acceptors (Lipinski definition) is 14. The molecule has 5 aliphatic heterocycles. The molecule has 0 aliphatic carbocycles. The van der Waals surface area contributed by atoms with E-state index in [1.54, 1.807) is 45.8 Å². The molecule has 0 aromatic heterocycles. The average Bonchev–Trinajstić information content (AvgIpc) is 3.99. The number of carbonyl (C=O) groups excluding carboxylic acids is 5. The van der Waals surface area contributed by atoms with Crippen molar-refractivity contribution in [2.24, 2.45) is 9.98 Å². The zero-order chi connectivity index (χ0) is 51.2. The first-order chi connectivity index (χ1) is 35.1. The van der Waals surface area contributed by atoms with Gasteiger partial charge in [-0.25, -0.2) is 4.79 Å². The summed E-state index contributed by atoms with van der Waals surface area (Å²) in [6.07, 6.45) is 5.26. The summed E-state index contributed by atoms with van der Waals surface area (Å²) in [5, 5.41) is 0.556. The van der Waals surface area contributed by atoms with Crippen LogP contribution in [-0.4, -0.2) is 90.3 Å². The summed E-state index contributed by atoms with van der Waals surface area (Å²) in [7, 11) is 3.08. The second kappa shape index (κ2) is 19.8. The minimum atomic E-state index is -0.755. The lowest BCUT2D eigenvalue weighted by Gasteiger charge is -2.32. The minimum absolute atomic E-state index is 0.0215. The van der Waals surface area contributed by atoms with Crippen molar-refractivity contribution in [1.29, 1.82) is 0 Å². The van der Waals surface area contributed by atoms with Crippen molar-refractivity contribution in [2.75, 3.05) is 30.6 Å². The Labute approximate surface area is 427 Å². The first kappa shape index (κ1) is 49.1. The van der Waals surface area contributed by atoms with Gasteiger partial charge >= 0.3 is 5.97 Å². The number of ether oxygens (including phenoxy) is 5. The molecule has 10 rings (SSSR count). The van der Waals surface area contributed by atoms with Crippen molar-refractivity contribution < 1.29 is 52.5 Å². The fourth-order valence-corrected chi connectivity index (χ4v) is 10.8. The molecule has 5 aromatic carbocycles. The maximum atomic E-state index is 14.1. The van der Waals surface area contributed by atoms with Crippen LogP contribution in [0.1, 0.15) is 96.3 Å². The Morgan fingerprint density at radius 2 is 1.15 bits per heavy atom. The number of nitrogens with zero attached hydrogens (tertiary/aromatic N) is 5. The van der Waals surface area contributed by atoms with Crippen LogP contribution >= 0.6 is 11.8 Å². The molecule has 16 nitrogen and oxygen atoms in total. The number of carbonyl (C=O) groups is 5. The van der Waals surface area contributed by atoms with Gasteiger partial charge in [-0.05, 0) is 98.8 Å². The molecule has 0 N–H and O–H groups in total. The SMILES string of the molecule is COc1cc2c(cc1OCc1cc(COc3cc4c(cc3OC)C(=O)N3c5ccccc5C[C@H]3C=N4)cc(SC(C)(C)COC(C)(C)CCC(=O)ON3C(=O)CCC3=O)c1)N=C[C@@H]1Cc3ccccc3N1C2=O. The summed E-state index contributed by atoms with van der Waals surface area (Å²) in [6.45, 7) is 8.39. The van der Waals surface area contributed by atoms with Crippen LogP contribution in [-0.2, 0) is 50.0 Å². The molecular weight excluding hydrogens is 951 g/mol. The van der Waals surface area contributed by atoms with Crippen LogP contribution in [0.15, 0.2) is 106 Å². The van der Waals surface area contributed by atoms with E-state index in [1.165, 1.54) is 14.2 Å². The third kappa shape index (κ3) is 10.2. The largest absolute Gasteiger partial charge is 0.493 e. The van der Waals surface area contributed by atoms with Crippen molar-refractivity contribution in [3.8, 4) is 23.0 Å². The number of thioether (sulfide) groups is 1. The van der Waals surface area contributed by atoms with Crippen LogP contribution in [0.2, 0.25) is 0 Å². The van der Waals surface area contributed by atoms with Crippen molar-refractivity contribution in [1.82, 2.24) is 5.06 Å². The molecule has 73 heavy (non-hydrogen) atoms. The number of fused-ring (bicyclic) bond motifs is 8.